The lowest BCUT2D eigenvalue weighted by atomic mass is 9.96. The van der Waals surface area contributed by atoms with Crippen LogP contribution >= 0.6 is 0 Å². The monoisotopic (exact) mass is 299 g/mol. The predicted molar refractivity (Wildman–Crippen MR) is 91.0 cm³/mol. The third-order valence-electron chi connectivity index (χ3n) is 3.57. The number of aromatic amines is 1. The van der Waals surface area contributed by atoms with Gasteiger partial charge in [-0.3, -0.25) is 0 Å². The molecule has 3 aromatic rings. The molecule has 2 aromatic heterocycles. The van der Waals surface area contributed by atoms with Crippen LogP contribution in [0.5, 0.6) is 0 Å². The Morgan fingerprint density at radius 1 is 1.14 bits per heavy atom. The summed E-state index contributed by atoms with van der Waals surface area (Å²) < 4.78 is 5.44. The number of nitrogens with zero attached hydrogens (tertiary/aromatic N) is 2. The van der Waals surface area contributed by atoms with Gasteiger partial charge in [-0.1, -0.05) is 52.8 Å². The SMILES string of the molecule is CC.CCc1ccc(-c2cnc(C(C)(C)C)[nH]2)c2oncc12. The van der Waals surface area contributed by atoms with E-state index in [1.165, 1.54) is 5.56 Å². The van der Waals surface area contributed by atoms with Crippen LogP contribution < -0.4 is 0 Å². The highest BCUT2D eigenvalue weighted by atomic mass is 16.5. The lowest BCUT2D eigenvalue weighted by Crippen LogP contribution is -2.13. The summed E-state index contributed by atoms with van der Waals surface area (Å²) in [5.74, 6) is 0.972. The van der Waals surface area contributed by atoms with Crippen molar-refractivity contribution < 1.29 is 4.52 Å². The largest absolute Gasteiger partial charge is 0.356 e. The van der Waals surface area contributed by atoms with E-state index in [-0.39, 0.29) is 5.41 Å². The summed E-state index contributed by atoms with van der Waals surface area (Å²) in [4.78, 5) is 7.87. The van der Waals surface area contributed by atoms with Gasteiger partial charge < -0.3 is 9.51 Å². The minimum Gasteiger partial charge on any atom is -0.356 e. The summed E-state index contributed by atoms with van der Waals surface area (Å²) in [6.07, 6.45) is 4.62. The average molecular weight is 299 g/mol. The van der Waals surface area contributed by atoms with Crippen molar-refractivity contribution in [3.05, 3.63) is 35.9 Å². The van der Waals surface area contributed by atoms with Gasteiger partial charge in [0.1, 0.15) is 5.82 Å². The van der Waals surface area contributed by atoms with E-state index in [0.29, 0.717) is 0 Å². The molecule has 0 atom stereocenters. The van der Waals surface area contributed by atoms with Gasteiger partial charge in [-0.15, -0.1) is 0 Å². The van der Waals surface area contributed by atoms with Crippen molar-refractivity contribution in [3.63, 3.8) is 0 Å². The molecule has 0 aliphatic carbocycles. The molecular formula is C18H25N3O. The van der Waals surface area contributed by atoms with Gasteiger partial charge in [0.05, 0.1) is 18.1 Å². The van der Waals surface area contributed by atoms with Crippen LogP contribution in [0.15, 0.2) is 29.0 Å². The fourth-order valence-corrected chi connectivity index (χ4v) is 2.37. The highest BCUT2D eigenvalue weighted by Gasteiger charge is 2.19. The lowest BCUT2D eigenvalue weighted by molar-refractivity contribution is 0.457. The van der Waals surface area contributed by atoms with Gasteiger partial charge >= 0.3 is 0 Å². The summed E-state index contributed by atoms with van der Waals surface area (Å²) in [6, 6.07) is 4.21. The van der Waals surface area contributed by atoms with Crippen LogP contribution in [-0.4, -0.2) is 15.1 Å². The lowest BCUT2D eigenvalue weighted by Gasteiger charge is -2.14. The van der Waals surface area contributed by atoms with Crippen LogP contribution in [0, 0.1) is 0 Å². The van der Waals surface area contributed by atoms with E-state index in [4.69, 9.17) is 4.52 Å². The van der Waals surface area contributed by atoms with Gasteiger partial charge in [0, 0.05) is 16.4 Å². The molecular weight excluding hydrogens is 274 g/mol. The Bertz CT molecular complexity index is 747. The minimum absolute atomic E-state index is 0.00212. The first-order valence-electron chi connectivity index (χ1n) is 7.93. The number of aromatic nitrogens is 3. The van der Waals surface area contributed by atoms with Crippen molar-refractivity contribution in [2.24, 2.45) is 0 Å². The van der Waals surface area contributed by atoms with E-state index in [1.54, 1.807) is 6.20 Å². The first kappa shape index (κ1) is 16.3. The summed E-state index contributed by atoms with van der Waals surface area (Å²) in [5.41, 5.74) is 4.06. The summed E-state index contributed by atoms with van der Waals surface area (Å²) in [5, 5.41) is 5.02. The number of aryl methyl sites for hydroxylation is 1. The van der Waals surface area contributed by atoms with Crippen molar-refractivity contribution >= 4 is 11.0 Å². The Labute approximate surface area is 131 Å². The number of hydrogen-bond donors (Lipinski definition) is 1. The maximum atomic E-state index is 5.44. The fraction of sp³-hybridized carbons (Fsp3) is 0.444. The molecule has 0 aliphatic heterocycles. The second kappa shape index (κ2) is 6.34. The quantitative estimate of drug-likeness (QED) is 0.716. The third-order valence-corrected chi connectivity index (χ3v) is 3.57. The van der Waals surface area contributed by atoms with E-state index in [2.05, 4.69) is 55.0 Å². The second-order valence-corrected chi connectivity index (χ2v) is 6.09. The summed E-state index contributed by atoms with van der Waals surface area (Å²) in [6.45, 7) is 12.6. The zero-order valence-electron chi connectivity index (χ0n) is 14.3. The maximum absolute atomic E-state index is 5.44. The molecule has 2 heterocycles. The average Bonchev–Trinajstić information content (AvgIpc) is 3.17. The molecule has 1 N–H and O–H groups in total. The first-order valence-corrected chi connectivity index (χ1v) is 7.93. The molecule has 3 rings (SSSR count). The molecule has 22 heavy (non-hydrogen) atoms. The number of H-pyrrole nitrogens is 1. The van der Waals surface area contributed by atoms with Crippen molar-refractivity contribution in [1.29, 1.82) is 0 Å². The van der Waals surface area contributed by atoms with Crippen molar-refractivity contribution in [2.45, 2.75) is 53.4 Å². The van der Waals surface area contributed by atoms with Crippen LogP contribution in [0.3, 0.4) is 0 Å². The van der Waals surface area contributed by atoms with Gasteiger partial charge in [0.25, 0.3) is 0 Å². The maximum Gasteiger partial charge on any atom is 0.176 e. The van der Waals surface area contributed by atoms with E-state index < -0.39 is 0 Å². The molecule has 0 fully saturated rings. The Morgan fingerprint density at radius 3 is 2.45 bits per heavy atom. The molecule has 0 saturated heterocycles. The second-order valence-electron chi connectivity index (χ2n) is 6.09. The van der Waals surface area contributed by atoms with Gasteiger partial charge in [-0.2, -0.15) is 0 Å². The predicted octanol–water partition coefficient (Wildman–Crippen LogP) is 5.10. The van der Waals surface area contributed by atoms with Crippen LogP contribution in [0.2, 0.25) is 0 Å². The van der Waals surface area contributed by atoms with Crippen molar-refractivity contribution in [3.8, 4) is 11.3 Å². The molecule has 0 radical (unpaired) electrons. The normalized spacial score (nSPS) is 11.4. The zero-order chi connectivity index (χ0) is 16.3. The van der Waals surface area contributed by atoms with Crippen LogP contribution in [0.25, 0.3) is 22.2 Å². The van der Waals surface area contributed by atoms with Gasteiger partial charge in [0.15, 0.2) is 5.58 Å². The zero-order valence-corrected chi connectivity index (χ0v) is 14.3. The first-order chi connectivity index (χ1) is 10.5. The Balaban J connectivity index is 0.000000847. The summed E-state index contributed by atoms with van der Waals surface area (Å²) in [7, 11) is 0. The number of fused-ring (bicyclic) bond motifs is 1. The molecule has 118 valence electrons. The van der Waals surface area contributed by atoms with Gasteiger partial charge in [0.2, 0.25) is 0 Å². The smallest absolute Gasteiger partial charge is 0.176 e. The molecule has 0 amide bonds. The van der Waals surface area contributed by atoms with Crippen LogP contribution in [0.1, 0.15) is 52.9 Å². The van der Waals surface area contributed by atoms with Gasteiger partial charge in [-0.05, 0) is 18.1 Å². The molecule has 4 nitrogen and oxygen atoms in total. The highest BCUT2D eigenvalue weighted by Crippen LogP contribution is 2.31. The van der Waals surface area contributed by atoms with E-state index in [0.717, 1.165) is 34.5 Å². The van der Waals surface area contributed by atoms with E-state index >= 15 is 0 Å². The standard InChI is InChI=1S/C16H19N3O.C2H6/c1-5-10-6-7-11(14-12(10)8-18-20-14)13-9-17-15(19-13)16(2,3)4;1-2/h6-9H,5H2,1-4H3,(H,17,19);1-2H3. The Hall–Kier alpha value is -2.10. The number of nitrogens with one attached hydrogen (secondary N) is 1. The molecule has 0 saturated carbocycles. The molecule has 0 aliphatic rings. The Kier molecular flexibility index (Phi) is 4.69. The number of hydrogen-bond acceptors (Lipinski definition) is 3. The van der Waals surface area contributed by atoms with Crippen molar-refractivity contribution in [1.82, 2.24) is 15.1 Å². The van der Waals surface area contributed by atoms with E-state index in [9.17, 15) is 0 Å². The van der Waals surface area contributed by atoms with Gasteiger partial charge in [-0.25, -0.2) is 4.98 Å². The van der Waals surface area contributed by atoms with Crippen molar-refractivity contribution in [2.75, 3.05) is 0 Å². The fourth-order valence-electron chi connectivity index (χ4n) is 2.37. The van der Waals surface area contributed by atoms with E-state index in [1.807, 2.05) is 20.0 Å². The number of benzene rings is 1. The summed E-state index contributed by atoms with van der Waals surface area (Å²) >= 11 is 0. The minimum atomic E-state index is 0.00212. The van der Waals surface area contributed by atoms with Crippen LogP contribution in [0.4, 0.5) is 0 Å². The molecule has 0 unspecified atom stereocenters. The molecule has 0 bridgehead atoms. The molecule has 1 aromatic carbocycles. The highest BCUT2D eigenvalue weighted by molar-refractivity contribution is 5.92. The molecule has 0 spiro atoms. The van der Waals surface area contributed by atoms with Crippen LogP contribution in [-0.2, 0) is 11.8 Å². The molecule has 4 heteroatoms. The number of imidazole rings is 1. The third kappa shape index (κ3) is 2.91. The Morgan fingerprint density at radius 2 is 1.86 bits per heavy atom. The number of rotatable bonds is 2. The topological polar surface area (TPSA) is 54.7 Å².